The van der Waals surface area contributed by atoms with Gasteiger partial charge in [-0.15, -0.1) is 0 Å². The van der Waals surface area contributed by atoms with Gasteiger partial charge in [0.2, 0.25) is 0 Å². The van der Waals surface area contributed by atoms with Crippen LogP contribution in [0.2, 0.25) is 0 Å². The first kappa shape index (κ1) is 9.39. The van der Waals surface area contributed by atoms with Crippen LogP contribution in [0.5, 0.6) is 0 Å². The predicted octanol–water partition coefficient (Wildman–Crippen LogP) is 2.92. The number of hydrogen-bond acceptors (Lipinski definition) is 1. The van der Waals surface area contributed by atoms with Crippen LogP contribution < -0.4 is 0 Å². The van der Waals surface area contributed by atoms with Crippen LogP contribution in [0, 0.1) is 5.82 Å². The molecule has 0 radical (unpaired) electrons. The summed E-state index contributed by atoms with van der Waals surface area (Å²) in [4.78, 5) is 10.9. The Morgan fingerprint density at radius 2 is 2.25 bits per heavy atom. The number of alkyl halides is 1. The number of rotatable bonds is 2. The van der Waals surface area contributed by atoms with E-state index in [1.165, 1.54) is 13.0 Å². The molecule has 0 heterocycles. The number of halogens is 2. The fourth-order valence-corrected chi connectivity index (χ4v) is 1.27. The van der Waals surface area contributed by atoms with E-state index in [0.29, 0.717) is 5.33 Å². The molecule has 0 atom stereocenters. The minimum absolute atomic E-state index is 0.159. The van der Waals surface area contributed by atoms with Gasteiger partial charge in [0.15, 0.2) is 5.78 Å². The van der Waals surface area contributed by atoms with Gasteiger partial charge in [-0.3, -0.25) is 4.79 Å². The van der Waals surface area contributed by atoms with E-state index in [9.17, 15) is 9.18 Å². The van der Waals surface area contributed by atoms with E-state index < -0.39 is 5.82 Å². The molecule has 0 unspecified atom stereocenters. The van der Waals surface area contributed by atoms with Crippen LogP contribution in [0.1, 0.15) is 22.8 Å². The van der Waals surface area contributed by atoms with Gasteiger partial charge in [-0.05, 0) is 24.6 Å². The Bertz CT molecular complexity index is 309. The van der Waals surface area contributed by atoms with Crippen molar-refractivity contribution in [1.82, 2.24) is 0 Å². The molecule has 0 saturated carbocycles. The maximum Gasteiger partial charge on any atom is 0.162 e. The Kier molecular flexibility index (Phi) is 2.98. The number of carbonyl (C=O) groups is 1. The number of benzene rings is 1. The Morgan fingerprint density at radius 1 is 1.58 bits per heavy atom. The standard InChI is InChI=1S/C9H8BrFO/c1-6(12)8-4-7(5-10)2-3-9(8)11/h2-4H,5H2,1H3. The highest BCUT2D eigenvalue weighted by molar-refractivity contribution is 9.08. The van der Waals surface area contributed by atoms with Crippen LogP contribution >= 0.6 is 15.9 Å². The lowest BCUT2D eigenvalue weighted by molar-refractivity contribution is 0.101. The molecular formula is C9H8BrFO. The highest BCUT2D eigenvalue weighted by Crippen LogP contribution is 2.13. The lowest BCUT2D eigenvalue weighted by atomic mass is 10.1. The van der Waals surface area contributed by atoms with Crippen LogP contribution in [0.25, 0.3) is 0 Å². The molecule has 3 heteroatoms. The first-order valence-electron chi connectivity index (χ1n) is 3.50. The topological polar surface area (TPSA) is 17.1 Å². The zero-order valence-corrected chi connectivity index (χ0v) is 8.19. The van der Waals surface area contributed by atoms with Crippen molar-refractivity contribution >= 4 is 21.7 Å². The molecule has 0 aliphatic rings. The molecule has 0 aromatic heterocycles. The smallest absolute Gasteiger partial charge is 0.162 e. The third-order valence-electron chi connectivity index (χ3n) is 1.56. The maximum absolute atomic E-state index is 12.9. The van der Waals surface area contributed by atoms with Gasteiger partial charge in [-0.1, -0.05) is 22.0 Å². The lowest BCUT2D eigenvalue weighted by Crippen LogP contribution is -1.97. The summed E-state index contributed by atoms with van der Waals surface area (Å²) in [7, 11) is 0. The van der Waals surface area contributed by atoms with Gasteiger partial charge in [0.1, 0.15) is 5.82 Å². The molecule has 1 nitrogen and oxygen atoms in total. The Hall–Kier alpha value is -0.700. The normalized spacial score (nSPS) is 9.92. The van der Waals surface area contributed by atoms with Crippen LogP contribution in [0.15, 0.2) is 18.2 Å². The summed E-state index contributed by atoms with van der Waals surface area (Å²) in [6.45, 7) is 1.36. The monoisotopic (exact) mass is 230 g/mol. The second kappa shape index (κ2) is 3.81. The first-order chi connectivity index (χ1) is 5.65. The number of Topliss-reactive ketones (excluding diaryl/α,β-unsaturated/α-hetero) is 1. The lowest BCUT2D eigenvalue weighted by Gasteiger charge is -2.00. The van der Waals surface area contributed by atoms with Crippen LogP contribution in [-0.4, -0.2) is 5.78 Å². The van der Waals surface area contributed by atoms with Crippen molar-refractivity contribution in [3.05, 3.63) is 35.1 Å². The Morgan fingerprint density at radius 3 is 2.75 bits per heavy atom. The fraction of sp³-hybridized carbons (Fsp3) is 0.222. The summed E-state index contributed by atoms with van der Waals surface area (Å²) >= 11 is 3.23. The summed E-state index contributed by atoms with van der Waals surface area (Å²) < 4.78 is 12.9. The van der Waals surface area contributed by atoms with Crippen molar-refractivity contribution in [2.75, 3.05) is 0 Å². The van der Waals surface area contributed by atoms with E-state index in [2.05, 4.69) is 15.9 Å². The van der Waals surface area contributed by atoms with E-state index in [4.69, 9.17) is 0 Å². The highest BCUT2D eigenvalue weighted by Gasteiger charge is 2.06. The molecule has 64 valence electrons. The van der Waals surface area contributed by atoms with E-state index in [1.54, 1.807) is 12.1 Å². The summed E-state index contributed by atoms with van der Waals surface area (Å²) in [5, 5.41) is 0.632. The van der Waals surface area contributed by atoms with Gasteiger partial charge in [0.25, 0.3) is 0 Å². The van der Waals surface area contributed by atoms with Gasteiger partial charge in [0.05, 0.1) is 5.56 Å². The highest BCUT2D eigenvalue weighted by atomic mass is 79.9. The zero-order chi connectivity index (χ0) is 9.14. The SMILES string of the molecule is CC(=O)c1cc(CBr)ccc1F. The molecule has 0 amide bonds. The van der Waals surface area contributed by atoms with Crippen molar-refractivity contribution in [2.45, 2.75) is 12.3 Å². The molecule has 0 aliphatic heterocycles. The van der Waals surface area contributed by atoms with Crippen molar-refractivity contribution in [3.63, 3.8) is 0 Å². The third-order valence-corrected chi connectivity index (χ3v) is 2.21. The largest absolute Gasteiger partial charge is 0.294 e. The summed E-state index contributed by atoms with van der Waals surface area (Å²) in [5.74, 6) is -0.692. The number of ketones is 1. The molecule has 0 N–H and O–H groups in total. The second-order valence-electron chi connectivity index (χ2n) is 2.50. The van der Waals surface area contributed by atoms with Crippen LogP contribution in [0.4, 0.5) is 4.39 Å². The molecule has 12 heavy (non-hydrogen) atoms. The second-order valence-corrected chi connectivity index (χ2v) is 3.06. The number of carbonyl (C=O) groups excluding carboxylic acids is 1. The molecule has 0 spiro atoms. The minimum Gasteiger partial charge on any atom is -0.294 e. The molecule has 1 aromatic rings. The van der Waals surface area contributed by atoms with E-state index in [-0.39, 0.29) is 11.3 Å². The maximum atomic E-state index is 12.9. The average Bonchev–Trinajstić information content (AvgIpc) is 2.05. The molecule has 1 rings (SSSR count). The zero-order valence-electron chi connectivity index (χ0n) is 6.60. The van der Waals surface area contributed by atoms with Crippen molar-refractivity contribution in [1.29, 1.82) is 0 Å². The van der Waals surface area contributed by atoms with Gasteiger partial charge in [-0.25, -0.2) is 4.39 Å². The van der Waals surface area contributed by atoms with Crippen LogP contribution in [-0.2, 0) is 5.33 Å². The van der Waals surface area contributed by atoms with Crippen LogP contribution in [0.3, 0.4) is 0 Å². The molecular weight excluding hydrogens is 223 g/mol. The predicted molar refractivity (Wildman–Crippen MR) is 49.0 cm³/mol. The summed E-state index contributed by atoms with van der Waals surface area (Å²) in [5.41, 5.74) is 1.06. The summed E-state index contributed by atoms with van der Waals surface area (Å²) in [6.07, 6.45) is 0. The quantitative estimate of drug-likeness (QED) is 0.564. The Labute approximate surface area is 78.7 Å². The fourth-order valence-electron chi connectivity index (χ4n) is 0.925. The van der Waals surface area contributed by atoms with E-state index in [0.717, 1.165) is 5.56 Å². The molecule has 1 aromatic carbocycles. The molecule has 0 aliphatic carbocycles. The molecule has 0 fully saturated rings. The van der Waals surface area contributed by atoms with E-state index >= 15 is 0 Å². The van der Waals surface area contributed by atoms with E-state index in [1.807, 2.05) is 0 Å². The minimum atomic E-state index is -0.452. The van der Waals surface area contributed by atoms with Gasteiger partial charge in [0, 0.05) is 5.33 Å². The third kappa shape index (κ3) is 1.91. The van der Waals surface area contributed by atoms with Gasteiger partial charge in [-0.2, -0.15) is 0 Å². The van der Waals surface area contributed by atoms with Crippen molar-refractivity contribution in [3.8, 4) is 0 Å². The summed E-state index contributed by atoms with van der Waals surface area (Å²) in [6, 6.07) is 4.52. The van der Waals surface area contributed by atoms with Gasteiger partial charge >= 0.3 is 0 Å². The molecule has 0 bridgehead atoms. The van der Waals surface area contributed by atoms with Crippen molar-refractivity contribution in [2.24, 2.45) is 0 Å². The average molecular weight is 231 g/mol. The number of hydrogen-bond donors (Lipinski definition) is 0. The Balaban J connectivity index is 3.17. The molecule has 0 saturated heterocycles. The van der Waals surface area contributed by atoms with Crippen molar-refractivity contribution < 1.29 is 9.18 Å². The van der Waals surface area contributed by atoms with Gasteiger partial charge < -0.3 is 0 Å². The first-order valence-corrected chi connectivity index (χ1v) is 4.62.